The summed E-state index contributed by atoms with van der Waals surface area (Å²) in [4.78, 5) is 35.6. The number of carbonyl (C=O) groups is 2. The molecule has 2 amide bonds. The van der Waals surface area contributed by atoms with Crippen molar-refractivity contribution in [3.8, 4) is 0 Å². The zero-order valence-corrected chi connectivity index (χ0v) is 11.4. The average Bonchev–Trinajstić information content (AvgIpc) is 2.40. The summed E-state index contributed by atoms with van der Waals surface area (Å²) in [6.45, 7) is 2.60. The van der Waals surface area contributed by atoms with Crippen LogP contribution in [0.5, 0.6) is 0 Å². The minimum Gasteiger partial charge on any atom is -0.467 e. The van der Waals surface area contributed by atoms with Gasteiger partial charge in [0.25, 0.3) is 0 Å². The molecule has 0 rings (SSSR count). The fraction of sp³-hybridized carbons (Fsp3) is 0.750. The largest absolute Gasteiger partial charge is 0.467 e. The molecule has 0 bridgehead atoms. The highest BCUT2D eigenvalue weighted by Crippen LogP contribution is 1.98. The van der Waals surface area contributed by atoms with E-state index < -0.39 is 12.0 Å². The molecule has 1 atom stereocenters. The topological polar surface area (TPSA) is 96.9 Å². The van der Waals surface area contributed by atoms with Gasteiger partial charge in [0, 0.05) is 6.54 Å². The van der Waals surface area contributed by atoms with Gasteiger partial charge in [0.1, 0.15) is 6.04 Å². The van der Waals surface area contributed by atoms with Crippen LogP contribution in [0.4, 0.5) is 4.79 Å². The third kappa shape index (κ3) is 9.79. The summed E-state index contributed by atoms with van der Waals surface area (Å²) in [7, 11) is 1.27. The van der Waals surface area contributed by atoms with Crippen LogP contribution in [0.3, 0.4) is 0 Å². The number of rotatable bonds is 9. The lowest BCUT2D eigenvalue weighted by Gasteiger charge is -2.12. The standard InChI is InChI=1S/C12H21N3O4/c1-10(11(17)19-2)15-12(18)14-8-6-4-3-5-7-13-9-16/h10H,3-8H2,1-2H3,(H2,14,15,18). The number of hydrogen-bond donors (Lipinski definition) is 2. The number of methoxy groups -OCH3 is 1. The lowest BCUT2D eigenvalue weighted by Crippen LogP contribution is -2.45. The molecule has 0 spiro atoms. The summed E-state index contributed by atoms with van der Waals surface area (Å²) >= 11 is 0. The smallest absolute Gasteiger partial charge is 0.328 e. The maximum Gasteiger partial charge on any atom is 0.328 e. The maximum atomic E-state index is 11.4. The molecule has 0 aliphatic carbocycles. The second kappa shape index (κ2) is 11.2. The van der Waals surface area contributed by atoms with Gasteiger partial charge >= 0.3 is 12.0 Å². The predicted molar refractivity (Wildman–Crippen MR) is 69.5 cm³/mol. The van der Waals surface area contributed by atoms with E-state index >= 15 is 0 Å². The van der Waals surface area contributed by atoms with E-state index in [0.29, 0.717) is 13.1 Å². The Morgan fingerprint density at radius 3 is 2.58 bits per heavy atom. The second-order valence-electron chi connectivity index (χ2n) is 4.03. The number of urea groups is 1. The Bertz CT molecular complexity index is 327. The highest BCUT2D eigenvalue weighted by molar-refractivity contribution is 5.83. The highest BCUT2D eigenvalue weighted by Gasteiger charge is 2.14. The van der Waals surface area contributed by atoms with Crippen LogP contribution in [-0.4, -0.2) is 44.3 Å². The molecule has 0 aliphatic rings. The van der Waals surface area contributed by atoms with Crippen molar-refractivity contribution >= 4 is 18.1 Å². The SMILES string of the molecule is COC(=O)C(C)NC(=O)NCCCCCCN=C=O. The molecule has 0 aromatic carbocycles. The van der Waals surface area contributed by atoms with Crippen LogP contribution in [-0.2, 0) is 14.3 Å². The molecule has 0 radical (unpaired) electrons. The minimum atomic E-state index is -0.661. The van der Waals surface area contributed by atoms with Crippen LogP contribution in [0.1, 0.15) is 32.6 Å². The lowest BCUT2D eigenvalue weighted by molar-refractivity contribution is -0.142. The van der Waals surface area contributed by atoms with E-state index in [4.69, 9.17) is 0 Å². The lowest BCUT2D eigenvalue weighted by atomic mass is 10.2. The number of ether oxygens (including phenoxy) is 1. The van der Waals surface area contributed by atoms with Gasteiger partial charge in [-0.15, -0.1) is 0 Å². The van der Waals surface area contributed by atoms with Crippen molar-refractivity contribution in [2.75, 3.05) is 20.2 Å². The molecule has 0 aromatic rings. The van der Waals surface area contributed by atoms with E-state index in [1.54, 1.807) is 6.92 Å². The van der Waals surface area contributed by atoms with Gasteiger partial charge in [0.2, 0.25) is 6.08 Å². The van der Waals surface area contributed by atoms with E-state index in [1.807, 2.05) is 0 Å². The number of nitrogens with one attached hydrogen (secondary N) is 2. The first-order valence-corrected chi connectivity index (χ1v) is 6.27. The molecule has 0 aromatic heterocycles. The zero-order valence-electron chi connectivity index (χ0n) is 11.4. The van der Waals surface area contributed by atoms with Gasteiger partial charge in [-0.25, -0.2) is 19.4 Å². The number of aliphatic imine (C=N–C) groups is 1. The molecule has 2 N–H and O–H groups in total. The summed E-state index contributed by atoms with van der Waals surface area (Å²) in [5, 5.41) is 5.12. The van der Waals surface area contributed by atoms with E-state index in [2.05, 4.69) is 20.4 Å². The molecule has 7 heteroatoms. The fourth-order valence-corrected chi connectivity index (χ4v) is 1.40. The fourth-order valence-electron chi connectivity index (χ4n) is 1.40. The van der Waals surface area contributed by atoms with Crippen LogP contribution in [0.15, 0.2) is 4.99 Å². The molecule has 0 heterocycles. The molecule has 0 aliphatic heterocycles. The van der Waals surface area contributed by atoms with Gasteiger partial charge < -0.3 is 15.4 Å². The molecule has 19 heavy (non-hydrogen) atoms. The van der Waals surface area contributed by atoms with Gasteiger partial charge in [-0.1, -0.05) is 12.8 Å². The number of hydrogen-bond acceptors (Lipinski definition) is 5. The summed E-state index contributed by atoms with van der Waals surface area (Å²) in [5.41, 5.74) is 0. The van der Waals surface area contributed by atoms with E-state index in [0.717, 1.165) is 25.7 Å². The molecule has 0 fully saturated rings. The Hall–Kier alpha value is -1.88. The normalized spacial score (nSPS) is 11.1. The molecular formula is C12H21N3O4. The molecule has 0 saturated carbocycles. The number of isocyanates is 1. The third-order valence-electron chi connectivity index (χ3n) is 2.45. The Morgan fingerprint density at radius 2 is 1.95 bits per heavy atom. The monoisotopic (exact) mass is 271 g/mol. The molecule has 0 saturated heterocycles. The number of esters is 1. The number of amides is 2. The van der Waals surface area contributed by atoms with Crippen molar-refractivity contribution in [2.24, 2.45) is 4.99 Å². The Kier molecular flexibility index (Phi) is 10.1. The van der Waals surface area contributed by atoms with E-state index in [-0.39, 0.29) is 6.03 Å². The van der Waals surface area contributed by atoms with Crippen molar-refractivity contribution in [3.63, 3.8) is 0 Å². The maximum absolute atomic E-state index is 11.4. The second-order valence-corrected chi connectivity index (χ2v) is 4.03. The predicted octanol–water partition coefficient (Wildman–Crippen LogP) is 0.743. The Labute approximate surface area is 112 Å². The van der Waals surface area contributed by atoms with Crippen LogP contribution in [0, 0.1) is 0 Å². The molecule has 108 valence electrons. The van der Waals surface area contributed by atoms with Crippen LogP contribution in [0.25, 0.3) is 0 Å². The third-order valence-corrected chi connectivity index (χ3v) is 2.45. The Morgan fingerprint density at radius 1 is 1.26 bits per heavy atom. The highest BCUT2D eigenvalue weighted by atomic mass is 16.5. The minimum absolute atomic E-state index is 0.386. The summed E-state index contributed by atoms with van der Waals surface area (Å²) in [5.74, 6) is -0.481. The van der Waals surface area contributed by atoms with Gasteiger partial charge in [-0.05, 0) is 19.8 Å². The number of nitrogens with zero attached hydrogens (tertiary/aromatic N) is 1. The van der Waals surface area contributed by atoms with Crippen molar-refractivity contribution in [3.05, 3.63) is 0 Å². The van der Waals surface area contributed by atoms with Crippen LogP contribution >= 0.6 is 0 Å². The zero-order chi connectivity index (χ0) is 14.5. The Balaban J connectivity index is 3.48. The average molecular weight is 271 g/mol. The van der Waals surface area contributed by atoms with E-state index in [1.165, 1.54) is 13.2 Å². The summed E-state index contributed by atoms with van der Waals surface area (Å²) in [6, 6.07) is -1.05. The van der Waals surface area contributed by atoms with E-state index in [9.17, 15) is 14.4 Å². The van der Waals surface area contributed by atoms with Gasteiger partial charge in [0.05, 0.1) is 13.7 Å². The van der Waals surface area contributed by atoms with Crippen molar-refractivity contribution < 1.29 is 19.1 Å². The van der Waals surface area contributed by atoms with Crippen LogP contribution < -0.4 is 10.6 Å². The van der Waals surface area contributed by atoms with Gasteiger partial charge in [-0.2, -0.15) is 0 Å². The number of carbonyl (C=O) groups excluding carboxylic acids is 3. The first-order valence-electron chi connectivity index (χ1n) is 6.27. The first-order chi connectivity index (χ1) is 9.11. The van der Waals surface area contributed by atoms with Gasteiger partial charge in [0.15, 0.2) is 0 Å². The summed E-state index contributed by atoms with van der Waals surface area (Å²) in [6.07, 6.45) is 5.07. The molecular weight excluding hydrogens is 250 g/mol. The van der Waals surface area contributed by atoms with Crippen molar-refractivity contribution in [2.45, 2.75) is 38.6 Å². The summed E-state index contributed by atoms with van der Waals surface area (Å²) < 4.78 is 4.49. The van der Waals surface area contributed by atoms with Crippen LogP contribution in [0.2, 0.25) is 0 Å². The number of unbranched alkanes of at least 4 members (excludes halogenated alkanes) is 3. The van der Waals surface area contributed by atoms with Crippen molar-refractivity contribution in [1.29, 1.82) is 0 Å². The quantitative estimate of drug-likeness (QED) is 0.280. The molecule has 7 nitrogen and oxygen atoms in total. The first kappa shape index (κ1) is 17.1. The van der Waals surface area contributed by atoms with Crippen molar-refractivity contribution in [1.82, 2.24) is 10.6 Å². The van der Waals surface area contributed by atoms with Gasteiger partial charge in [-0.3, -0.25) is 0 Å². The molecule has 1 unspecified atom stereocenters.